The van der Waals surface area contributed by atoms with Gasteiger partial charge >= 0.3 is 0 Å². The van der Waals surface area contributed by atoms with Crippen LogP contribution in [0.25, 0.3) is 16.7 Å². The number of hydrogen-bond acceptors (Lipinski definition) is 5. The van der Waals surface area contributed by atoms with Crippen LogP contribution in [0.15, 0.2) is 73.3 Å². The molecule has 3 aromatic rings. The zero-order valence-corrected chi connectivity index (χ0v) is 23.5. The molecule has 208 valence electrons. The third-order valence-corrected chi connectivity index (χ3v) is 7.83. The van der Waals surface area contributed by atoms with Gasteiger partial charge in [-0.05, 0) is 80.1 Å². The number of aliphatic hydroxyl groups excluding tert-OH is 1. The highest BCUT2D eigenvalue weighted by atomic mass is 35.5. The largest absolute Gasteiger partial charge is 0.489 e. The van der Waals surface area contributed by atoms with Crippen LogP contribution in [-0.4, -0.2) is 53.5 Å². The molecule has 1 saturated carbocycles. The molecule has 1 heterocycles. The molecule has 1 amide bonds. The van der Waals surface area contributed by atoms with Gasteiger partial charge in [0.1, 0.15) is 11.9 Å². The van der Waals surface area contributed by atoms with Gasteiger partial charge in [0.15, 0.2) is 0 Å². The highest BCUT2D eigenvalue weighted by molar-refractivity contribution is 6.42. The van der Waals surface area contributed by atoms with E-state index in [0.29, 0.717) is 28.4 Å². The number of rotatable bonds is 11. The number of ether oxygens (including phenoxy) is 1. The molecule has 40 heavy (non-hydrogen) atoms. The lowest BCUT2D eigenvalue weighted by Gasteiger charge is -2.28. The van der Waals surface area contributed by atoms with Crippen LogP contribution in [-0.2, 0) is 4.79 Å². The van der Waals surface area contributed by atoms with Crippen molar-refractivity contribution in [2.75, 3.05) is 19.6 Å². The molecule has 1 saturated heterocycles. The van der Waals surface area contributed by atoms with E-state index in [-0.39, 0.29) is 6.10 Å². The fourth-order valence-corrected chi connectivity index (χ4v) is 5.22. The van der Waals surface area contributed by atoms with E-state index in [2.05, 4.69) is 16.8 Å². The van der Waals surface area contributed by atoms with Crippen molar-refractivity contribution in [1.29, 1.82) is 0 Å². The average molecular weight is 559 g/mol. The van der Waals surface area contributed by atoms with Crippen LogP contribution < -0.4 is 10.1 Å². The lowest BCUT2D eigenvalue weighted by atomic mass is 9.99. The fourth-order valence-electron chi connectivity index (χ4n) is 4.99. The van der Waals surface area contributed by atoms with E-state index in [1.165, 1.54) is 0 Å². The van der Waals surface area contributed by atoms with Gasteiger partial charge in [0.25, 0.3) is 5.91 Å². The molecule has 2 N–H and O–H groups in total. The van der Waals surface area contributed by atoms with Crippen LogP contribution in [0.4, 0.5) is 0 Å². The monoisotopic (exact) mass is 558 g/mol. The summed E-state index contributed by atoms with van der Waals surface area (Å²) >= 11 is 6.44. The zero-order chi connectivity index (χ0) is 28.2. The maximum absolute atomic E-state index is 13.1. The van der Waals surface area contributed by atoms with Crippen LogP contribution in [0.5, 0.6) is 5.75 Å². The first-order chi connectivity index (χ1) is 19.3. The van der Waals surface area contributed by atoms with E-state index >= 15 is 0 Å². The molecule has 2 atom stereocenters. The predicted molar refractivity (Wildman–Crippen MR) is 159 cm³/mol. The molecule has 7 heteroatoms. The maximum Gasteiger partial charge on any atom is 0.292 e. The number of likely N-dealkylation sites (tertiary alicyclic amines) is 1. The van der Waals surface area contributed by atoms with Crippen molar-refractivity contribution in [3.63, 3.8) is 0 Å². The molecule has 1 aliphatic heterocycles. The van der Waals surface area contributed by atoms with Gasteiger partial charge in [-0.3, -0.25) is 9.59 Å². The number of nitrogens with one attached hydrogen (secondary N) is 1. The van der Waals surface area contributed by atoms with E-state index < -0.39 is 23.8 Å². The average Bonchev–Trinajstić information content (AvgIpc) is 3.64. The highest BCUT2D eigenvalue weighted by Gasteiger charge is 2.30. The number of hydrogen-bond donors (Lipinski definition) is 2. The first-order valence-electron chi connectivity index (χ1n) is 13.9. The van der Waals surface area contributed by atoms with E-state index in [9.17, 15) is 14.7 Å². The molecular formula is C33H35ClN2O4. The Labute approximate surface area is 240 Å². The summed E-state index contributed by atoms with van der Waals surface area (Å²) in [6.45, 7) is 8.13. The van der Waals surface area contributed by atoms with E-state index in [4.69, 9.17) is 16.3 Å². The van der Waals surface area contributed by atoms with Crippen LogP contribution in [0.3, 0.4) is 0 Å². The normalized spacial score (nSPS) is 16.8. The van der Waals surface area contributed by atoms with Crippen molar-refractivity contribution in [2.24, 2.45) is 0 Å². The standard InChI is InChI=1S/C33H35ClN2O4/c1-21(2)22-5-7-23(8-6-22)24-9-11-25(12-10-24)32(38)33(39)35-29(20-36-17-3-4-18-36)31(37)26-13-16-30(28(34)19-26)40-27-14-15-27/h5-13,16,19,27,29,31,37H,1,3-4,14-15,17-18,20H2,2H3,(H,35,39). The first kappa shape index (κ1) is 28.1. The number of halogens is 1. The van der Waals surface area contributed by atoms with Gasteiger partial charge < -0.3 is 20.1 Å². The minimum atomic E-state index is -1.05. The Morgan fingerprint density at radius 2 is 1.60 bits per heavy atom. The molecule has 1 aliphatic carbocycles. The number of ketones is 1. The number of carbonyl (C=O) groups is 2. The van der Waals surface area contributed by atoms with Crippen LogP contribution >= 0.6 is 11.6 Å². The van der Waals surface area contributed by atoms with Crippen molar-refractivity contribution in [3.8, 4) is 16.9 Å². The third-order valence-electron chi connectivity index (χ3n) is 7.53. The van der Waals surface area contributed by atoms with Gasteiger partial charge in [-0.1, -0.05) is 78.4 Å². The zero-order valence-electron chi connectivity index (χ0n) is 22.7. The molecule has 0 bridgehead atoms. The second-order valence-corrected chi connectivity index (χ2v) is 11.2. The smallest absolute Gasteiger partial charge is 0.292 e. The Kier molecular flexibility index (Phi) is 8.69. The number of amides is 1. The van der Waals surface area contributed by atoms with Gasteiger partial charge in [0, 0.05) is 12.1 Å². The molecule has 0 radical (unpaired) electrons. The highest BCUT2D eigenvalue weighted by Crippen LogP contribution is 2.34. The van der Waals surface area contributed by atoms with Crippen molar-refractivity contribution < 1.29 is 19.4 Å². The fraction of sp³-hybridized carbons (Fsp3) is 0.333. The first-order valence-corrected chi connectivity index (χ1v) is 14.2. The van der Waals surface area contributed by atoms with Crippen LogP contribution in [0.1, 0.15) is 60.2 Å². The Bertz CT molecular complexity index is 1380. The summed E-state index contributed by atoms with van der Waals surface area (Å²) in [7, 11) is 0. The van der Waals surface area contributed by atoms with Crippen LogP contribution in [0.2, 0.25) is 5.02 Å². The SMILES string of the molecule is C=C(C)c1ccc(-c2ccc(C(=O)C(=O)NC(CN3CCCC3)C(O)c3ccc(OC4CC4)c(Cl)c3)cc2)cc1. The van der Waals surface area contributed by atoms with Gasteiger partial charge in [0.2, 0.25) is 5.78 Å². The number of nitrogens with zero attached hydrogens (tertiary/aromatic N) is 1. The van der Waals surface area contributed by atoms with Gasteiger partial charge in [-0.25, -0.2) is 0 Å². The number of carbonyl (C=O) groups excluding carboxylic acids is 2. The summed E-state index contributed by atoms with van der Waals surface area (Å²) in [5, 5.41) is 14.5. The maximum atomic E-state index is 13.1. The summed E-state index contributed by atoms with van der Waals surface area (Å²) in [6, 6.07) is 19.5. The summed E-state index contributed by atoms with van der Waals surface area (Å²) in [4.78, 5) is 28.4. The minimum Gasteiger partial charge on any atom is -0.489 e. The molecule has 6 nitrogen and oxygen atoms in total. The van der Waals surface area contributed by atoms with Crippen molar-refractivity contribution in [2.45, 2.75) is 50.9 Å². The van der Waals surface area contributed by atoms with E-state index in [0.717, 1.165) is 61.0 Å². The van der Waals surface area contributed by atoms with Gasteiger partial charge in [-0.2, -0.15) is 0 Å². The lowest BCUT2D eigenvalue weighted by Crippen LogP contribution is -2.48. The van der Waals surface area contributed by atoms with Gasteiger partial charge in [-0.15, -0.1) is 0 Å². The number of aliphatic hydroxyl groups is 1. The minimum absolute atomic E-state index is 0.206. The predicted octanol–water partition coefficient (Wildman–Crippen LogP) is 6.08. The van der Waals surface area contributed by atoms with Crippen molar-refractivity contribution in [1.82, 2.24) is 10.2 Å². The van der Waals surface area contributed by atoms with Gasteiger partial charge in [0.05, 0.1) is 17.2 Å². The molecule has 5 rings (SSSR count). The van der Waals surface area contributed by atoms with E-state index in [1.807, 2.05) is 43.3 Å². The Balaban J connectivity index is 1.28. The summed E-state index contributed by atoms with van der Waals surface area (Å²) in [5.41, 5.74) is 4.87. The summed E-state index contributed by atoms with van der Waals surface area (Å²) < 4.78 is 5.82. The number of Topliss-reactive ketones (excluding diaryl/α,β-unsaturated/α-hetero) is 1. The Morgan fingerprint density at radius 1 is 1.00 bits per heavy atom. The third kappa shape index (κ3) is 6.81. The second-order valence-electron chi connectivity index (χ2n) is 10.8. The van der Waals surface area contributed by atoms with Crippen LogP contribution in [0, 0.1) is 0 Å². The van der Waals surface area contributed by atoms with Crippen molar-refractivity contribution >= 4 is 28.9 Å². The lowest BCUT2D eigenvalue weighted by molar-refractivity contribution is -0.118. The molecular weight excluding hydrogens is 524 g/mol. The Hall–Kier alpha value is -3.45. The topological polar surface area (TPSA) is 78.9 Å². The number of benzene rings is 3. The molecule has 0 spiro atoms. The molecule has 3 aromatic carbocycles. The molecule has 2 unspecified atom stereocenters. The quantitative estimate of drug-likeness (QED) is 0.220. The number of allylic oxidation sites excluding steroid dienone is 1. The van der Waals surface area contributed by atoms with Crippen molar-refractivity contribution in [3.05, 3.63) is 95.0 Å². The molecule has 0 aromatic heterocycles. The van der Waals surface area contributed by atoms with E-state index in [1.54, 1.807) is 30.3 Å². The Morgan fingerprint density at radius 3 is 2.15 bits per heavy atom. The second kappa shape index (κ2) is 12.4. The summed E-state index contributed by atoms with van der Waals surface area (Å²) in [5.74, 6) is -0.804. The molecule has 2 fully saturated rings. The summed E-state index contributed by atoms with van der Waals surface area (Å²) in [6.07, 6.45) is 3.33. The molecule has 2 aliphatic rings.